The predicted octanol–water partition coefficient (Wildman–Crippen LogP) is 0.923. The molecule has 1 aliphatic rings. The highest BCUT2D eigenvalue weighted by Crippen LogP contribution is 2.31. The molecule has 6 heteroatoms. The number of rotatable bonds is 5. The quantitative estimate of drug-likeness (QED) is 0.611. The molecule has 1 heterocycles. The van der Waals surface area contributed by atoms with Crippen LogP contribution in [-0.4, -0.2) is 47.7 Å². The Bertz CT molecular complexity index is 433. The van der Waals surface area contributed by atoms with Crippen LogP contribution in [0.5, 0.6) is 0 Å². The van der Waals surface area contributed by atoms with E-state index in [2.05, 4.69) is 10.2 Å². The molecule has 1 aliphatic heterocycles. The molecule has 19 heavy (non-hydrogen) atoms. The molecule has 1 aromatic carbocycles. The first-order valence-corrected chi connectivity index (χ1v) is 6.53. The number of aliphatic hydroxyl groups excluding tert-OH is 1. The van der Waals surface area contributed by atoms with Crippen molar-refractivity contribution in [1.29, 1.82) is 0 Å². The van der Waals surface area contributed by atoms with Crippen molar-refractivity contribution >= 4 is 5.69 Å². The van der Waals surface area contributed by atoms with Crippen LogP contribution in [0.2, 0.25) is 0 Å². The minimum absolute atomic E-state index is 0.0284. The highest BCUT2D eigenvalue weighted by Gasteiger charge is 2.27. The largest absolute Gasteiger partial charge is 0.396 e. The molecular weight excluding hydrogens is 246 g/mol. The Morgan fingerprint density at radius 2 is 2.05 bits per heavy atom. The van der Waals surface area contributed by atoms with Crippen molar-refractivity contribution in [3.8, 4) is 0 Å². The zero-order valence-electron chi connectivity index (χ0n) is 10.8. The van der Waals surface area contributed by atoms with Crippen LogP contribution in [0, 0.1) is 10.1 Å². The molecule has 0 radical (unpaired) electrons. The number of piperazine rings is 1. The Kier molecular flexibility index (Phi) is 4.84. The van der Waals surface area contributed by atoms with Gasteiger partial charge in [-0.1, -0.05) is 18.2 Å². The lowest BCUT2D eigenvalue weighted by molar-refractivity contribution is -0.386. The highest BCUT2D eigenvalue weighted by atomic mass is 16.6. The second-order valence-corrected chi connectivity index (χ2v) is 4.63. The molecule has 1 atom stereocenters. The number of nitro groups is 1. The van der Waals surface area contributed by atoms with E-state index in [0.717, 1.165) is 26.2 Å². The van der Waals surface area contributed by atoms with Gasteiger partial charge in [0.1, 0.15) is 0 Å². The molecule has 6 nitrogen and oxygen atoms in total. The van der Waals surface area contributed by atoms with Gasteiger partial charge in [0.15, 0.2) is 0 Å². The lowest BCUT2D eigenvalue weighted by atomic mass is 9.99. The Morgan fingerprint density at radius 3 is 2.68 bits per heavy atom. The molecule has 0 bridgehead atoms. The average molecular weight is 265 g/mol. The fourth-order valence-corrected chi connectivity index (χ4v) is 2.59. The summed E-state index contributed by atoms with van der Waals surface area (Å²) in [6.45, 7) is 3.47. The van der Waals surface area contributed by atoms with E-state index in [4.69, 9.17) is 0 Å². The molecule has 1 saturated heterocycles. The van der Waals surface area contributed by atoms with Crippen LogP contribution in [0.15, 0.2) is 24.3 Å². The van der Waals surface area contributed by atoms with Crippen molar-refractivity contribution in [2.45, 2.75) is 12.5 Å². The van der Waals surface area contributed by atoms with Crippen LogP contribution >= 0.6 is 0 Å². The van der Waals surface area contributed by atoms with Crippen molar-refractivity contribution in [2.75, 3.05) is 32.8 Å². The number of hydrogen-bond donors (Lipinski definition) is 2. The molecule has 1 fully saturated rings. The lowest BCUT2D eigenvalue weighted by Crippen LogP contribution is -2.45. The number of nitrogens with one attached hydrogen (secondary N) is 1. The molecule has 2 rings (SSSR count). The summed E-state index contributed by atoms with van der Waals surface area (Å²) >= 11 is 0. The van der Waals surface area contributed by atoms with Crippen LogP contribution in [-0.2, 0) is 0 Å². The van der Waals surface area contributed by atoms with Gasteiger partial charge in [-0.25, -0.2) is 0 Å². The fraction of sp³-hybridized carbons (Fsp3) is 0.538. The summed E-state index contributed by atoms with van der Waals surface area (Å²) in [6, 6.07) is 6.72. The van der Waals surface area contributed by atoms with Crippen LogP contribution in [0.3, 0.4) is 0 Å². The van der Waals surface area contributed by atoms with E-state index in [9.17, 15) is 15.2 Å². The third-order valence-corrected chi connectivity index (χ3v) is 3.49. The monoisotopic (exact) mass is 265 g/mol. The SMILES string of the molecule is O=[N+]([O-])c1ccccc1[C@H](CCO)N1CCNCC1. The van der Waals surface area contributed by atoms with Crippen LogP contribution < -0.4 is 5.32 Å². The van der Waals surface area contributed by atoms with Gasteiger partial charge in [-0.05, 0) is 6.42 Å². The summed E-state index contributed by atoms with van der Waals surface area (Å²) in [6.07, 6.45) is 0.519. The zero-order valence-corrected chi connectivity index (χ0v) is 10.8. The first kappa shape index (κ1) is 13.9. The van der Waals surface area contributed by atoms with Gasteiger partial charge in [0.25, 0.3) is 5.69 Å². The topological polar surface area (TPSA) is 78.6 Å². The molecule has 0 aliphatic carbocycles. The number of benzene rings is 1. The molecule has 0 unspecified atom stereocenters. The number of hydrogen-bond acceptors (Lipinski definition) is 5. The maximum Gasteiger partial charge on any atom is 0.274 e. The van der Waals surface area contributed by atoms with E-state index in [1.54, 1.807) is 12.1 Å². The van der Waals surface area contributed by atoms with Crippen molar-refractivity contribution in [3.05, 3.63) is 39.9 Å². The summed E-state index contributed by atoms with van der Waals surface area (Å²) in [4.78, 5) is 13.0. The number of nitrogens with zero attached hydrogens (tertiary/aromatic N) is 2. The van der Waals surface area contributed by atoms with Gasteiger partial charge in [0.2, 0.25) is 0 Å². The minimum Gasteiger partial charge on any atom is -0.396 e. The second-order valence-electron chi connectivity index (χ2n) is 4.63. The van der Waals surface area contributed by atoms with Gasteiger partial charge in [-0.15, -0.1) is 0 Å². The van der Waals surface area contributed by atoms with Crippen molar-refractivity contribution in [2.24, 2.45) is 0 Å². The zero-order chi connectivity index (χ0) is 13.7. The highest BCUT2D eigenvalue weighted by molar-refractivity contribution is 5.42. The molecule has 104 valence electrons. The second kappa shape index (κ2) is 6.60. The minimum atomic E-state index is -0.345. The predicted molar refractivity (Wildman–Crippen MR) is 72.0 cm³/mol. The van der Waals surface area contributed by atoms with E-state index >= 15 is 0 Å². The lowest BCUT2D eigenvalue weighted by Gasteiger charge is -2.34. The van der Waals surface area contributed by atoms with Crippen molar-refractivity contribution in [3.63, 3.8) is 0 Å². The van der Waals surface area contributed by atoms with Crippen LogP contribution in [0.25, 0.3) is 0 Å². The summed E-state index contributed by atoms with van der Waals surface area (Å²) in [5, 5.41) is 23.6. The van der Waals surface area contributed by atoms with Crippen molar-refractivity contribution in [1.82, 2.24) is 10.2 Å². The third kappa shape index (κ3) is 3.28. The summed E-state index contributed by atoms with van der Waals surface area (Å²) in [5.41, 5.74) is 0.836. The normalized spacial score (nSPS) is 18.2. The van der Waals surface area contributed by atoms with E-state index < -0.39 is 0 Å². The maximum atomic E-state index is 11.1. The van der Waals surface area contributed by atoms with Gasteiger partial charge >= 0.3 is 0 Å². The Labute approximate surface area is 112 Å². The maximum absolute atomic E-state index is 11.1. The molecule has 2 N–H and O–H groups in total. The Hall–Kier alpha value is -1.50. The summed E-state index contributed by atoms with van der Waals surface area (Å²) in [7, 11) is 0. The van der Waals surface area contributed by atoms with Gasteiger partial charge < -0.3 is 10.4 Å². The van der Waals surface area contributed by atoms with E-state index in [-0.39, 0.29) is 23.3 Å². The van der Waals surface area contributed by atoms with Gasteiger partial charge in [-0.2, -0.15) is 0 Å². The molecular formula is C13H19N3O3. The Balaban J connectivity index is 2.29. The average Bonchev–Trinajstić information content (AvgIpc) is 2.45. The Morgan fingerprint density at radius 1 is 1.37 bits per heavy atom. The first-order chi connectivity index (χ1) is 9.24. The molecule has 1 aromatic rings. The first-order valence-electron chi connectivity index (χ1n) is 6.53. The number of para-hydroxylation sites is 1. The summed E-state index contributed by atoms with van der Waals surface area (Å²) in [5.74, 6) is 0. The van der Waals surface area contributed by atoms with E-state index in [1.807, 2.05) is 6.07 Å². The van der Waals surface area contributed by atoms with E-state index in [1.165, 1.54) is 6.07 Å². The van der Waals surface area contributed by atoms with Crippen LogP contribution in [0.1, 0.15) is 18.0 Å². The van der Waals surface area contributed by atoms with Gasteiger partial charge in [-0.3, -0.25) is 15.0 Å². The van der Waals surface area contributed by atoms with E-state index in [0.29, 0.717) is 12.0 Å². The molecule has 0 saturated carbocycles. The molecule has 0 aromatic heterocycles. The fourth-order valence-electron chi connectivity index (χ4n) is 2.59. The number of aliphatic hydroxyl groups is 1. The third-order valence-electron chi connectivity index (χ3n) is 3.49. The van der Waals surface area contributed by atoms with Gasteiger partial charge in [0.05, 0.1) is 4.92 Å². The number of nitro benzene ring substituents is 1. The van der Waals surface area contributed by atoms with Crippen molar-refractivity contribution < 1.29 is 10.0 Å². The van der Waals surface area contributed by atoms with Crippen LogP contribution in [0.4, 0.5) is 5.69 Å². The van der Waals surface area contributed by atoms with Gasteiger partial charge in [0, 0.05) is 50.5 Å². The standard InChI is InChI=1S/C13H19N3O3/c17-10-5-12(15-8-6-14-7-9-15)11-3-1-2-4-13(11)16(18)19/h1-4,12,14,17H,5-10H2/t12-/m0/s1. The summed E-state index contributed by atoms with van der Waals surface area (Å²) < 4.78 is 0. The molecule has 0 amide bonds. The molecule has 0 spiro atoms. The smallest absolute Gasteiger partial charge is 0.274 e.